The number of benzene rings is 2. The Balaban J connectivity index is 1.79. The minimum atomic E-state index is -0.358. The van der Waals surface area contributed by atoms with Crippen LogP contribution in [0.1, 0.15) is 21.6 Å². The standard InChI is InChI=1S/C23H20FN3O3/c1-15-21-19(23(29)27(11-12-28)14-16-5-3-2-4-6-16)13-20(25-22(21)30-26-15)17-7-9-18(24)10-8-17/h2-10,13,28H,11-12,14H2,1H3. The fraction of sp³-hybridized carbons (Fsp3) is 0.174. The molecule has 2 aromatic carbocycles. The van der Waals surface area contributed by atoms with Crippen molar-refractivity contribution in [2.24, 2.45) is 0 Å². The van der Waals surface area contributed by atoms with E-state index in [0.717, 1.165) is 5.56 Å². The molecule has 2 heterocycles. The first-order valence-electron chi connectivity index (χ1n) is 9.54. The smallest absolute Gasteiger partial charge is 0.259 e. The van der Waals surface area contributed by atoms with Crippen LogP contribution in [-0.4, -0.2) is 39.2 Å². The van der Waals surface area contributed by atoms with Gasteiger partial charge in [-0.25, -0.2) is 9.37 Å². The van der Waals surface area contributed by atoms with Gasteiger partial charge in [-0.3, -0.25) is 4.79 Å². The van der Waals surface area contributed by atoms with Crippen molar-refractivity contribution in [1.29, 1.82) is 0 Å². The topological polar surface area (TPSA) is 79.5 Å². The Kier molecular flexibility index (Phi) is 5.54. The molecule has 4 rings (SSSR count). The van der Waals surface area contributed by atoms with E-state index in [0.29, 0.717) is 34.4 Å². The summed E-state index contributed by atoms with van der Waals surface area (Å²) in [7, 11) is 0. The van der Waals surface area contributed by atoms with Crippen LogP contribution in [0.4, 0.5) is 4.39 Å². The van der Waals surface area contributed by atoms with Crippen molar-refractivity contribution in [3.63, 3.8) is 0 Å². The van der Waals surface area contributed by atoms with Crippen LogP contribution in [0.3, 0.4) is 0 Å². The highest BCUT2D eigenvalue weighted by atomic mass is 19.1. The second-order valence-electron chi connectivity index (χ2n) is 6.95. The van der Waals surface area contributed by atoms with Crippen molar-refractivity contribution in [3.8, 4) is 11.3 Å². The van der Waals surface area contributed by atoms with E-state index in [1.165, 1.54) is 12.1 Å². The molecule has 0 saturated carbocycles. The molecule has 4 aromatic rings. The van der Waals surface area contributed by atoms with Crippen LogP contribution in [-0.2, 0) is 6.54 Å². The Hall–Kier alpha value is -3.58. The summed E-state index contributed by atoms with van der Waals surface area (Å²) in [6.45, 7) is 2.10. The van der Waals surface area contributed by atoms with Crippen molar-refractivity contribution in [2.75, 3.05) is 13.2 Å². The van der Waals surface area contributed by atoms with Gasteiger partial charge in [-0.05, 0) is 42.8 Å². The van der Waals surface area contributed by atoms with E-state index in [1.54, 1.807) is 30.0 Å². The highest BCUT2D eigenvalue weighted by Gasteiger charge is 2.23. The van der Waals surface area contributed by atoms with E-state index < -0.39 is 0 Å². The Labute approximate surface area is 172 Å². The number of halogens is 1. The van der Waals surface area contributed by atoms with Crippen molar-refractivity contribution >= 4 is 17.0 Å². The number of aliphatic hydroxyl groups is 1. The third-order valence-electron chi connectivity index (χ3n) is 4.86. The fourth-order valence-electron chi connectivity index (χ4n) is 3.38. The normalized spacial score (nSPS) is 11.0. The summed E-state index contributed by atoms with van der Waals surface area (Å²) >= 11 is 0. The number of amides is 1. The number of aliphatic hydroxyl groups excluding tert-OH is 1. The summed E-state index contributed by atoms with van der Waals surface area (Å²) in [5.41, 5.74) is 3.24. The maximum atomic E-state index is 13.5. The zero-order chi connectivity index (χ0) is 21.1. The second kappa shape index (κ2) is 8.42. The quantitative estimate of drug-likeness (QED) is 0.525. The number of aromatic nitrogens is 2. The first kappa shape index (κ1) is 19.7. The maximum absolute atomic E-state index is 13.5. The number of fused-ring (bicyclic) bond motifs is 1. The first-order valence-corrected chi connectivity index (χ1v) is 9.54. The van der Waals surface area contributed by atoms with Crippen LogP contribution in [0.25, 0.3) is 22.4 Å². The Morgan fingerprint density at radius 2 is 1.87 bits per heavy atom. The van der Waals surface area contributed by atoms with E-state index in [4.69, 9.17) is 4.52 Å². The van der Waals surface area contributed by atoms with Gasteiger partial charge >= 0.3 is 0 Å². The summed E-state index contributed by atoms with van der Waals surface area (Å²) in [6.07, 6.45) is 0. The SMILES string of the molecule is Cc1noc2nc(-c3ccc(F)cc3)cc(C(=O)N(CCO)Cc3ccccc3)c12. The Morgan fingerprint density at radius 1 is 1.13 bits per heavy atom. The summed E-state index contributed by atoms with van der Waals surface area (Å²) in [5.74, 6) is -0.626. The first-order chi connectivity index (χ1) is 14.6. The maximum Gasteiger partial charge on any atom is 0.259 e. The lowest BCUT2D eigenvalue weighted by Gasteiger charge is -2.22. The van der Waals surface area contributed by atoms with Gasteiger partial charge in [-0.15, -0.1) is 0 Å². The molecule has 0 saturated heterocycles. The van der Waals surface area contributed by atoms with Gasteiger partial charge in [0, 0.05) is 18.7 Å². The highest BCUT2D eigenvalue weighted by molar-refractivity contribution is 6.07. The van der Waals surface area contributed by atoms with Crippen molar-refractivity contribution in [2.45, 2.75) is 13.5 Å². The van der Waals surface area contributed by atoms with E-state index in [1.807, 2.05) is 30.3 Å². The number of hydrogen-bond donors (Lipinski definition) is 1. The molecular weight excluding hydrogens is 385 g/mol. The average molecular weight is 405 g/mol. The van der Waals surface area contributed by atoms with Crippen LogP contribution in [0.5, 0.6) is 0 Å². The molecule has 2 aromatic heterocycles. The molecule has 0 fully saturated rings. The zero-order valence-electron chi connectivity index (χ0n) is 16.4. The zero-order valence-corrected chi connectivity index (χ0v) is 16.4. The molecule has 7 heteroatoms. The second-order valence-corrected chi connectivity index (χ2v) is 6.95. The van der Waals surface area contributed by atoms with Crippen molar-refractivity contribution < 1.29 is 18.8 Å². The molecule has 152 valence electrons. The summed E-state index contributed by atoms with van der Waals surface area (Å²) in [6, 6.07) is 17.1. The predicted octanol–water partition coefficient (Wildman–Crippen LogP) is 3.97. The fourth-order valence-corrected chi connectivity index (χ4v) is 3.38. The van der Waals surface area contributed by atoms with Crippen LogP contribution >= 0.6 is 0 Å². The summed E-state index contributed by atoms with van der Waals surface area (Å²) in [5, 5.41) is 14.0. The van der Waals surface area contributed by atoms with E-state index in [2.05, 4.69) is 10.1 Å². The number of pyridine rings is 1. The van der Waals surface area contributed by atoms with Gasteiger partial charge in [0.15, 0.2) is 0 Å². The lowest BCUT2D eigenvalue weighted by molar-refractivity contribution is 0.0709. The van der Waals surface area contributed by atoms with E-state index >= 15 is 0 Å². The molecule has 30 heavy (non-hydrogen) atoms. The number of rotatable bonds is 6. The molecule has 1 N–H and O–H groups in total. The Morgan fingerprint density at radius 3 is 2.57 bits per heavy atom. The summed E-state index contributed by atoms with van der Waals surface area (Å²) in [4.78, 5) is 19.5. The van der Waals surface area contributed by atoms with E-state index in [9.17, 15) is 14.3 Å². The Bertz CT molecular complexity index is 1170. The molecule has 1 amide bonds. The van der Waals surface area contributed by atoms with Gasteiger partial charge in [0.05, 0.1) is 28.9 Å². The summed E-state index contributed by atoms with van der Waals surface area (Å²) < 4.78 is 18.7. The molecule has 0 spiro atoms. The average Bonchev–Trinajstić information content (AvgIpc) is 3.14. The number of nitrogens with zero attached hydrogens (tertiary/aromatic N) is 3. The lowest BCUT2D eigenvalue weighted by atomic mass is 10.0. The van der Waals surface area contributed by atoms with Gasteiger partial charge in [-0.1, -0.05) is 35.5 Å². The molecule has 0 aliphatic carbocycles. The molecule has 0 atom stereocenters. The van der Waals surface area contributed by atoms with Gasteiger partial charge in [0.25, 0.3) is 11.6 Å². The van der Waals surface area contributed by atoms with Gasteiger partial charge in [0.1, 0.15) is 5.82 Å². The van der Waals surface area contributed by atoms with Crippen LogP contribution in [0, 0.1) is 12.7 Å². The minimum absolute atomic E-state index is 0.166. The number of aryl methyl sites for hydroxylation is 1. The molecule has 0 radical (unpaired) electrons. The third kappa shape index (κ3) is 3.92. The molecule has 0 aliphatic rings. The van der Waals surface area contributed by atoms with Gasteiger partial charge < -0.3 is 14.5 Å². The number of hydrogen-bond acceptors (Lipinski definition) is 5. The highest BCUT2D eigenvalue weighted by Crippen LogP contribution is 2.28. The van der Waals surface area contributed by atoms with Gasteiger partial charge in [-0.2, -0.15) is 0 Å². The lowest BCUT2D eigenvalue weighted by Crippen LogP contribution is -2.33. The largest absolute Gasteiger partial charge is 0.395 e. The van der Waals surface area contributed by atoms with Crippen LogP contribution in [0.15, 0.2) is 65.2 Å². The molecular formula is C23H20FN3O3. The van der Waals surface area contributed by atoms with Crippen molar-refractivity contribution in [1.82, 2.24) is 15.0 Å². The number of carbonyl (C=O) groups excluding carboxylic acids is 1. The van der Waals surface area contributed by atoms with Crippen LogP contribution in [0.2, 0.25) is 0 Å². The van der Waals surface area contributed by atoms with E-state index in [-0.39, 0.29) is 30.6 Å². The third-order valence-corrected chi connectivity index (χ3v) is 4.86. The van der Waals surface area contributed by atoms with Gasteiger partial charge in [0.2, 0.25) is 0 Å². The number of carbonyl (C=O) groups is 1. The molecule has 0 aliphatic heterocycles. The molecule has 0 bridgehead atoms. The predicted molar refractivity (Wildman–Crippen MR) is 110 cm³/mol. The van der Waals surface area contributed by atoms with Crippen LogP contribution < -0.4 is 0 Å². The minimum Gasteiger partial charge on any atom is -0.395 e. The molecule has 0 unspecified atom stereocenters. The monoisotopic (exact) mass is 405 g/mol. The molecule has 6 nitrogen and oxygen atoms in total. The van der Waals surface area contributed by atoms with Crippen molar-refractivity contribution in [3.05, 3.63) is 83.3 Å².